The van der Waals surface area contributed by atoms with Crippen LogP contribution in [0, 0.1) is 23.0 Å². The largest absolute Gasteiger partial charge is 0.309 e. The summed E-state index contributed by atoms with van der Waals surface area (Å²) < 4.78 is 25.7. The van der Waals surface area contributed by atoms with Gasteiger partial charge in [0, 0.05) is 25.1 Å². The maximum Gasteiger partial charge on any atom is 0.126 e. The van der Waals surface area contributed by atoms with E-state index in [1.54, 1.807) is 6.92 Å². The number of hydrogen-bond donors (Lipinski definition) is 1. The average Bonchev–Trinajstić information content (AvgIpc) is 2.16. The molecule has 0 spiro atoms. The fourth-order valence-electron chi connectivity index (χ4n) is 1.29. The van der Waals surface area contributed by atoms with Crippen molar-refractivity contribution in [1.82, 2.24) is 5.32 Å². The number of nitriles is 1. The minimum Gasteiger partial charge on any atom is -0.309 e. The quantitative estimate of drug-likeness (QED) is 0.775. The highest BCUT2D eigenvalue weighted by Gasteiger charge is 2.07. The van der Waals surface area contributed by atoms with Crippen molar-refractivity contribution in [3.05, 3.63) is 35.4 Å². The zero-order valence-electron chi connectivity index (χ0n) is 8.43. The van der Waals surface area contributed by atoms with E-state index < -0.39 is 11.6 Å². The molecular formula is C11H12F2N2. The van der Waals surface area contributed by atoms with Gasteiger partial charge in [-0.1, -0.05) is 0 Å². The van der Waals surface area contributed by atoms with Crippen LogP contribution >= 0.6 is 0 Å². The van der Waals surface area contributed by atoms with Crippen LogP contribution in [-0.2, 0) is 0 Å². The molecule has 1 aromatic rings. The van der Waals surface area contributed by atoms with Crippen molar-refractivity contribution in [2.75, 3.05) is 6.54 Å². The summed E-state index contributed by atoms with van der Waals surface area (Å²) >= 11 is 0. The topological polar surface area (TPSA) is 35.8 Å². The first kappa shape index (κ1) is 11.6. The van der Waals surface area contributed by atoms with Crippen molar-refractivity contribution in [2.45, 2.75) is 19.4 Å². The normalized spacial score (nSPS) is 12.1. The smallest absolute Gasteiger partial charge is 0.126 e. The standard InChI is InChI=1S/C11H12F2N2/c1-8(15-4-2-3-14)9-5-10(12)7-11(13)6-9/h5-8,15H,2,4H2,1H3. The summed E-state index contributed by atoms with van der Waals surface area (Å²) in [5, 5.41) is 11.3. The zero-order chi connectivity index (χ0) is 11.3. The van der Waals surface area contributed by atoms with Crippen molar-refractivity contribution < 1.29 is 8.78 Å². The second-order valence-corrected chi connectivity index (χ2v) is 3.29. The van der Waals surface area contributed by atoms with E-state index in [-0.39, 0.29) is 6.04 Å². The van der Waals surface area contributed by atoms with Gasteiger partial charge in [-0.05, 0) is 24.6 Å². The van der Waals surface area contributed by atoms with Gasteiger partial charge in [-0.2, -0.15) is 5.26 Å². The van der Waals surface area contributed by atoms with Crippen molar-refractivity contribution in [3.63, 3.8) is 0 Å². The Bertz CT molecular complexity index is 351. The molecule has 1 rings (SSSR count). The lowest BCUT2D eigenvalue weighted by Crippen LogP contribution is -2.19. The van der Waals surface area contributed by atoms with E-state index >= 15 is 0 Å². The summed E-state index contributed by atoms with van der Waals surface area (Å²) in [6.07, 6.45) is 0.377. The molecular weight excluding hydrogens is 198 g/mol. The summed E-state index contributed by atoms with van der Waals surface area (Å²) in [5.41, 5.74) is 0.547. The molecule has 0 heterocycles. The molecule has 0 fully saturated rings. The predicted molar refractivity (Wildman–Crippen MR) is 53.0 cm³/mol. The second-order valence-electron chi connectivity index (χ2n) is 3.29. The first-order chi connectivity index (χ1) is 7.13. The molecule has 0 saturated heterocycles. The lowest BCUT2D eigenvalue weighted by molar-refractivity contribution is 0.550. The van der Waals surface area contributed by atoms with Crippen LogP contribution in [0.2, 0.25) is 0 Å². The first-order valence-electron chi connectivity index (χ1n) is 4.70. The summed E-state index contributed by atoms with van der Waals surface area (Å²) in [6.45, 7) is 2.31. The van der Waals surface area contributed by atoms with Gasteiger partial charge in [0.1, 0.15) is 11.6 Å². The van der Waals surface area contributed by atoms with Crippen molar-refractivity contribution >= 4 is 0 Å². The molecule has 2 nitrogen and oxygen atoms in total. The summed E-state index contributed by atoms with van der Waals surface area (Å²) in [7, 11) is 0. The van der Waals surface area contributed by atoms with E-state index in [1.165, 1.54) is 12.1 Å². The van der Waals surface area contributed by atoms with Gasteiger partial charge in [0.2, 0.25) is 0 Å². The lowest BCUT2D eigenvalue weighted by Gasteiger charge is -2.13. The molecule has 4 heteroatoms. The minimum absolute atomic E-state index is 0.163. The SMILES string of the molecule is CC(NCCC#N)c1cc(F)cc(F)c1. The van der Waals surface area contributed by atoms with Crippen LogP contribution in [0.4, 0.5) is 8.78 Å². The summed E-state index contributed by atoms with van der Waals surface area (Å²) in [6, 6.07) is 5.23. The Morgan fingerprint density at radius 2 is 1.93 bits per heavy atom. The Kier molecular flexibility index (Phi) is 4.19. The van der Waals surface area contributed by atoms with Crippen LogP contribution in [0.15, 0.2) is 18.2 Å². The highest BCUT2D eigenvalue weighted by atomic mass is 19.1. The number of nitrogens with zero attached hydrogens (tertiary/aromatic N) is 1. The van der Waals surface area contributed by atoms with Crippen LogP contribution in [-0.4, -0.2) is 6.54 Å². The van der Waals surface area contributed by atoms with Gasteiger partial charge < -0.3 is 5.32 Å². The molecule has 0 aliphatic heterocycles. The highest BCUT2D eigenvalue weighted by Crippen LogP contribution is 2.15. The van der Waals surface area contributed by atoms with E-state index in [1.807, 2.05) is 6.07 Å². The Hall–Kier alpha value is -1.47. The van der Waals surface area contributed by atoms with E-state index in [4.69, 9.17) is 5.26 Å². The molecule has 0 saturated carbocycles. The van der Waals surface area contributed by atoms with Gasteiger partial charge in [0.25, 0.3) is 0 Å². The number of rotatable bonds is 4. The Labute approximate surface area is 87.5 Å². The number of halogens is 2. The van der Waals surface area contributed by atoms with E-state index in [0.29, 0.717) is 18.5 Å². The molecule has 15 heavy (non-hydrogen) atoms. The van der Waals surface area contributed by atoms with Gasteiger partial charge in [-0.15, -0.1) is 0 Å². The van der Waals surface area contributed by atoms with E-state index in [0.717, 1.165) is 6.07 Å². The predicted octanol–water partition coefficient (Wildman–Crippen LogP) is 2.53. The third-order valence-electron chi connectivity index (χ3n) is 2.07. The molecule has 1 unspecified atom stereocenters. The van der Waals surface area contributed by atoms with Crippen LogP contribution < -0.4 is 5.32 Å². The van der Waals surface area contributed by atoms with Crippen LogP contribution in [0.25, 0.3) is 0 Å². The molecule has 0 bridgehead atoms. The van der Waals surface area contributed by atoms with Gasteiger partial charge >= 0.3 is 0 Å². The monoisotopic (exact) mass is 210 g/mol. The molecule has 1 aromatic carbocycles. The fraction of sp³-hybridized carbons (Fsp3) is 0.364. The molecule has 80 valence electrons. The summed E-state index contributed by atoms with van der Waals surface area (Å²) in [4.78, 5) is 0. The molecule has 0 amide bonds. The molecule has 0 radical (unpaired) electrons. The van der Waals surface area contributed by atoms with Gasteiger partial charge in [-0.25, -0.2) is 8.78 Å². The van der Waals surface area contributed by atoms with Crippen molar-refractivity contribution in [3.8, 4) is 6.07 Å². The molecule has 0 aliphatic rings. The van der Waals surface area contributed by atoms with Gasteiger partial charge in [0.05, 0.1) is 6.07 Å². The highest BCUT2D eigenvalue weighted by molar-refractivity contribution is 5.20. The first-order valence-corrected chi connectivity index (χ1v) is 4.70. The van der Waals surface area contributed by atoms with Crippen LogP contribution in [0.3, 0.4) is 0 Å². The number of nitrogens with one attached hydrogen (secondary N) is 1. The number of hydrogen-bond acceptors (Lipinski definition) is 2. The molecule has 0 aliphatic carbocycles. The van der Waals surface area contributed by atoms with Gasteiger partial charge in [0.15, 0.2) is 0 Å². The maximum absolute atomic E-state index is 12.9. The summed E-state index contributed by atoms with van der Waals surface area (Å²) in [5.74, 6) is -1.17. The van der Waals surface area contributed by atoms with Crippen LogP contribution in [0.1, 0.15) is 24.9 Å². The van der Waals surface area contributed by atoms with E-state index in [9.17, 15) is 8.78 Å². The zero-order valence-corrected chi connectivity index (χ0v) is 8.43. The molecule has 0 aromatic heterocycles. The number of benzene rings is 1. The maximum atomic E-state index is 12.9. The Balaban J connectivity index is 2.65. The molecule has 1 atom stereocenters. The minimum atomic E-state index is -0.584. The third kappa shape index (κ3) is 3.64. The van der Waals surface area contributed by atoms with Crippen LogP contribution in [0.5, 0.6) is 0 Å². The van der Waals surface area contributed by atoms with Crippen molar-refractivity contribution in [1.29, 1.82) is 5.26 Å². The Morgan fingerprint density at radius 1 is 1.33 bits per heavy atom. The van der Waals surface area contributed by atoms with Gasteiger partial charge in [-0.3, -0.25) is 0 Å². The average molecular weight is 210 g/mol. The fourth-order valence-corrected chi connectivity index (χ4v) is 1.29. The lowest BCUT2D eigenvalue weighted by atomic mass is 10.1. The third-order valence-corrected chi connectivity index (χ3v) is 2.07. The van der Waals surface area contributed by atoms with Crippen molar-refractivity contribution in [2.24, 2.45) is 0 Å². The molecule has 1 N–H and O–H groups in total. The Morgan fingerprint density at radius 3 is 2.47 bits per heavy atom. The second kappa shape index (κ2) is 5.42. The van der Waals surface area contributed by atoms with E-state index in [2.05, 4.69) is 5.32 Å².